The summed E-state index contributed by atoms with van der Waals surface area (Å²) in [5.41, 5.74) is 2.34. The van der Waals surface area contributed by atoms with Gasteiger partial charge in [-0.25, -0.2) is 9.97 Å². The monoisotopic (exact) mass is 262 g/mol. The number of hydrogen-bond acceptors (Lipinski definition) is 6. The van der Waals surface area contributed by atoms with Crippen LogP contribution in [-0.2, 0) is 6.54 Å². The van der Waals surface area contributed by atoms with Crippen molar-refractivity contribution < 1.29 is 4.79 Å². The lowest BCUT2D eigenvalue weighted by Crippen LogP contribution is -2.05. The lowest BCUT2D eigenvalue weighted by molar-refractivity contribution is 0.101. The van der Waals surface area contributed by atoms with Gasteiger partial charge in [0, 0.05) is 6.20 Å². The zero-order valence-electron chi connectivity index (χ0n) is 10.5. The lowest BCUT2D eigenvalue weighted by Gasteiger charge is -2.05. The van der Waals surface area contributed by atoms with E-state index in [2.05, 4.69) is 19.7 Å². The molecular weight excluding hydrogens is 248 g/mol. The fraction of sp³-hybridized carbons (Fsp3) is 0.333. The molecule has 2 aromatic rings. The summed E-state index contributed by atoms with van der Waals surface area (Å²) in [7, 11) is 0. The molecule has 0 atom stereocenters. The van der Waals surface area contributed by atoms with Gasteiger partial charge in [0.25, 0.3) is 0 Å². The van der Waals surface area contributed by atoms with E-state index < -0.39 is 0 Å². The number of rotatable bonds is 4. The Morgan fingerprint density at radius 2 is 2.22 bits per heavy atom. The summed E-state index contributed by atoms with van der Waals surface area (Å²) < 4.78 is 4.19. The van der Waals surface area contributed by atoms with Crippen LogP contribution in [0.1, 0.15) is 34.5 Å². The fourth-order valence-electron chi connectivity index (χ4n) is 1.68. The molecule has 0 saturated carbocycles. The van der Waals surface area contributed by atoms with Crippen LogP contribution < -0.4 is 5.32 Å². The maximum atomic E-state index is 11.5. The van der Waals surface area contributed by atoms with E-state index >= 15 is 0 Å². The van der Waals surface area contributed by atoms with Gasteiger partial charge in [-0.15, -0.1) is 0 Å². The molecule has 0 aliphatic carbocycles. The summed E-state index contributed by atoms with van der Waals surface area (Å²) >= 11 is 1.30. The van der Waals surface area contributed by atoms with E-state index in [1.807, 2.05) is 19.9 Å². The summed E-state index contributed by atoms with van der Waals surface area (Å²) in [6.45, 7) is 5.80. The highest BCUT2D eigenvalue weighted by Crippen LogP contribution is 2.25. The second kappa shape index (κ2) is 5.22. The standard InChI is InChI=1S/C12H14N4OS/c1-7-11(8(2)17)12(18-16-7)14-6-10-4-5-13-9(3)15-10/h4-5,14H,6H2,1-3H3. The number of nitrogens with one attached hydrogen (secondary N) is 1. The third-order valence-electron chi connectivity index (χ3n) is 2.48. The third kappa shape index (κ3) is 2.70. The number of Topliss-reactive ketones (excluding diaryl/α,β-unsaturated/α-hetero) is 1. The van der Waals surface area contributed by atoms with E-state index in [0.29, 0.717) is 12.1 Å². The molecule has 0 amide bonds. The molecule has 0 aliphatic heterocycles. The minimum Gasteiger partial charge on any atom is -0.369 e. The predicted molar refractivity (Wildman–Crippen MR) is 71.0 cm³/mol. The Morgan fingerprint density at radius 1 is 1.44 bits per heavy atom. The number of carbonyl (C=O) groups excluding carboxylic acids is 1. The molecule has 0 aliphatic rings. The summed E-state index contributed by atoms with van der Waals surface area (Å²) in [5, 5.41) is 4.01. The first-order chi connectivity index (χ1) is 8.58. The van der Waals surface area contributed by atoms with Crippen LogP contribution in [0.3, 0.4) is 0 Å². The van der Waals surface area contributed by atoms with Gasteiger partial charge in [0.2, 0.25) is 0 Å². The molecule has 1 N–H and O–H groups in total. The second-order valence-electron chi connectivity index (χ2n) is 3.98. The number of ketones is 1. The van der Waals surface area contributed by atoms with E-state index in [-0.39, 0.29) is 5.78 Å². The maximum absolute atomic E-state index is 11.5. The highest BCUT2D eigenvalue weighted by Gasteiger charge is 2.14. The quantitative estimate of drug-likeness (QED) is 0.857. The molecule has 0 bridgehead atoms. The number of aromatic nitrogens is 3. The van der Waals surface area contributed by atoms with E-state index in [4.69, 9.17) is 0 Å². The van der Waals surface area contributed by atoms with Crippen molar-refractivity contribution >= 4 is 22.3 Å². The van der Waals surface area contributed by atoms with Crippen molar-refractivity contribution in [3.05, 3.63) is 35.0 Å². The molecule has 18 heavy (non-hydrogen) atoms. The zero-order chi connectivity index (χ0) is 13.1. The summed E-state index contributed by atoms with van der Waals surface area (Å²) in [6, 6.07) is 1.85. The summed E-state index contributed by atoms with van der Waals surface area (Å²) in [5.74, 6) is 0.768. The molecule has 5 nitrogen and oxygen atoms in total. The average molecular weight is 262 g/mol. The predicted octanol–water partition coefficient (Wildman–Crippen LogP) is 2.36. The number of nitrogens with zero attached hydrogens (tertiary/aromatic N) is 3. The molecule has 2 heterocycles. The first-order valence-electron chi connectivity index (χ1n) is 5.57. The van der Waals surface area contributed by atoms with E-state index in [1.165, 1.54) is 11.5 Å². The zero-order valence-corrected chi connectivity index (χ0v) is 11.3. The highest BCUT2D eigenvalue weighted by molar-refractivity contribution is 7.10. The van der Waals surface area contributed by atoms with Crippen LogP contribution in [0.5, 0.6) is 0 Å². The molecule has 0 fully saturated rings. The smallest absolute Gasteiger partial charge is 0.164 e. The molecular formula is C12H14N4OS. The van der Waals surface area contributed by atoms with Gasteiger partial charge in [0.1, 0.15) is 10.8 Å². The van der Waals surface area contributed by atoms with Gasteiger partial charge in [0.15, 0.2) is 5.78 Å². The summed E-state index contributed by atoms with van der Waals surface area (Å²) in [6.07, 6.45) is 1.73. The fourth-order valence-corrected chi connectivity index (χ4v) is 2.52. The van der Waals surface area contributed by atoms with Crippen LogP contribution >= 0.6 is 11.5 Å². The molecule has 0 radical (unpaired) electrons. The molecule has 2 aromatic heterocycles. The van der Waals surface area contributed by atoms with Gasteiger partial charge in [-0.1, -0.05) is 0 Å². The van der Waals surface area contributed by atoms with Crippen molar-refractivity contribution in [3.8, 4) is 0 Å². The van der Waals surface area contributed by atoms with Crippen LogP contribution in [0, 0.1) is 13.8 Å². The van der Waals surface area contributed by atoms with Crippen molar-refractivity contribution in [2.24, 2.45) is 0 Å². The van der Waals surface area contributed by atoms with Crippen LogP contribution in [-0.4, -0.2) is 20.1 Å². The average Bonchev–Trinajstić information content (AvgIpc) is 2.68. The highest BCUT2D eigenvalue weighted by atomic mass is 32.1. The van der Waals surface area contributed by atoms with E-state index in [1.54, 1.807) is 13.1 Å². The Balaban J connectivity index is 2.13. The minimum absolute atomic E-state index is 0.0302. The molecule has 0 aromatic carbocycles. The number of anilines is 1. The SMILES string of the molecule is CC(=O)c1c(C)nsc1NCc1ccnc(C)n1. The Kier molecular flexibility index (Phi) is 3.66. The Bertz CT molecular complexity index is 579. The Morgan fingerprint density at radius 3 is 2.89 bits per heavy atom. The summed E-state index contributed by atoms with van der Waals surface area (Å²) in [4.78, 5) is 19.9. The topological polar surface area (TPSA) is 67.8 Å². The van der Waals surface area contributed by atoms with Gasteiger partial charge in [-0.05, 0) is 38.4 Å². The van der Waals surface area contributed by atoms with Crippen LogP contribution in [0.15, 0.2) is 12.3 Å². The van der Waals surface area contributed by atoms with E-state index in [9.17, 15) is 4.79 Å². The van der Waals surface area contributed by atoms with Crippen molar-refractivity contribution in [2.75, 3.05) is 5.32 Å². The molecule has 6 heteroatoms. The van der Waals surface area contributed by atoms with Gasteiger partial charge < -0.3 is 5.32 Å². The van der Waals surface area contributed by atoms with Gasteiger partial charge in [-0.3, -0.25) is 4.79 Å². The van der Waals surface area contributed by atoms with Crippen LogP contribution in [0.25, 0.3) is 0 Å². The Hall–Kier alpha value is -1.82. The number of aryl methyl sites for hydroxylation is 2. The van der Waals surface area contributed by atoms with Crippen molar-refractivity contribution in [3.63, 3.8) is 0 Å². The molecule has 94 valence electrons. The Labute approximate surface area is 109 Å². The van der Waals surface area contributed by atoms with E-state index in [0.717, 1.165) is 22.2 Å². The normalized spacial score (nSPS) is 10.4. The van der Waals surface area contributed by atoms with Crippen LogP contribution in [0.2, 0.25) is 0 Å². The maximum Gasteiger partial charge on any atom is 0.164 e. The number of hydrogen-bond donors (Lipinski definition) is 1. The largest absolute Gasteiger partial charge is 0.369 e. The first-order valence-corrected chi connectivity index (χ1v) is 6.35. The minimum atomic E-state index is 0.0302. The van der Waals surface area contributed by atoms with Crippen LogP contribution in [0.4, 0.5) is 5.00 Å². The van der Waals surface area contributed by atoms with Gasteiger partial charge in [0.05, 0.1) is 23.5 Å². The van der Waals surface area contributed by atoms with Crippen molar-refractivity contribution in [1.29, 1.82) is 0 Å². The lowest BCUT2D eigenvalue weighted by atomic mass is 10.2. The molecule has 0 saturated heterocycles. The van der Waals surface area contributed by atoms with Crippen molar-refractivity contribution in [1.82, 2.24) is 14.3 Å². The van der Waals surface area contributed by atoms with Crippen molar-refractivity contribution in [2.45, 2.75) is 27.3 Å². The van der Waals surface area contributed by atoms with Gasteiger partial charge in [-0.2, -0.15) is 4.37 Å². The second-order valence-corrected chi connectivity index (χ2v) is 4.75. The third-order valence-corrected chi connectivity index (χ3v) is 3.37. The first kappa shape index (κ1) is 12.6. The molecule has 0 spiro atoms. The molecule has 2 rings (SSSR count). The molecule has 0 unspecified atom stereocenters. The number of carbonyl (C=O) groups is 1. The van der Waals surface area contributed by atoms with Gasteiger partial charge >= 0.3 is 0 Å².